The number of aryl methyl sites for hydroxylation is 1. The molecule has 1 amide bonds. The van der Waals surface area contributed by atoms with Crippen LogP contribution < -0.4 is 0 Å². The number of pyridine rings is 1. The summed E-state index contributed by atoms with van der Waals surface area (Å²) in [5.74, 6) is -0.371. The molecular weight excluding hydrogens is 351 g/mol. The molecule has 0 N–H and O–H groups in total. The molecule has 1 aromatic heterocycles. The number of hydrogen-bond donors (Lipinski definition) is 0. The van der Waals surface area contributed by atoms with E-state index in [-0.39, 0.29) is 24.2 Å². The fourth-order valence-electron chi connectivity index (χ4n) is 3.94. The molecule has 4 heteroatoms. The molecule has 2 heterocycles. The normalized spacial score (nSPS) is 16.4. The van der Waals surface area contributed by atoms with Crippen molar-refractivity contribution in [2.45, 2.75) is 32.2 Å². The molecule has 0 aliphatic carbocycles. The lowest BCUT2D eigenvalue weighted by atomic mass is 10.0. The summed E-state index contributed by atoms with van der Waals surface area (Å²) in [4.78, 5) is 19.5. The molecule has 1 saturated heterocycles. The van der Waals surface area contributed by atoms with E-state index in [2.05, 4.69) is 24.3 Å². The molecule has 0 unspecified atom stereocenters. The lowest BCUT2D eigenvalue weighted by Gasteiger charge is -2.25. The standard InChI is InChI=1S/C24H23FN2O/c1-17-14-20(18-8-3-2-4-9-18)15-22(26-17)23-12-7-13-27(23)24(28)16-19-10-5-6-11-21(19)25/h2-6,8-11,14-15,23H,7,12-13,16H2,1H3/t23-/m1/s1. The molecule has 1 aliphatic rings. The Kier molecular flexibility index (Phi) is 5.20. The Morgan fingerprint density at radius 1 is 1.07 bits per heavy atom. The van der Waals surface area contributed by atoms with Crippen molar-refractivity contribution in [3.63, 3.8) is 0 Å². The van der Waals surface area contributed by atoms with E-state index in [4.69, 9.17) is 4.98 Å². The first-order chi connectivity index (χ1) is 13.6. The van der Waals surface area contributed by atoms with Crippen molar-refractivity contribution in [2.24, 2.45) is 0 Å². The number of benzene rings is 2. The topological polar surface area (TPSA) is 33.2 Å². The Labute approximate surface area is 164 Å². The van der Waals surface area contributed by atoms with Gasteiger partial charge < -0.3 is 4.90 Å². The minimum absolute atomic E-state index is 0.0443. The zero-order valence-electron chi connectivity index (χ0n) is 15.9. The second kappa shape index (κ2) is 7.93. The quantitative estimate of drug-likeness (QED) is 0.636. The molecular formula is C24H23FN2O. The van der Waals surface area contributed by atoms with Crippen molar-refractivity contribution >= 4 is 5.91 Å². The molecule has 1 aliphatic heterocycles. The Morgan fingerprint density at radius 2 is 1.82 bits per heavy atom. The fourth-order valence-corrected chi connectivity index (χ4v) is 3.94. The van der Waals surface area contributed by atoms with Crippen molar-refractivity contribution in [1.82, 2.24) is 9.88 Å². The van der Waals surface area contributed by atoms with Crippen molar-refractivity contribution in [1.29, 1.82) is 0 Å². The number of halogens is 1. The van der Waals surface area contributed by atoms with Gasteiger partial charge in [-0.3, -0.25) is 9.78 Å². The number of carbonyl (C=O) groups excluding carboxylic acids is 1. The first-order valence-electron chi connectivity index (χ1n) is 9.69. The predicted octanol–water partition coefficient (Wildman–Crippen LogP) is 5.10. The van der Waals surface area contributed by atoms with Crippen LogP contribution in [0.2, 0.25) is 0 Å². The molecule has 3 aromatic rings. The Balaban J connectivity index is 1.61. The van der Waals surface area contributed by atoms with Crippen LogP contribution in [0.15, 0.2) is 66.7 Å². The van der Waals surface area contributed by atoms with Crippen LogP contribution in [-0.4, -0.2) is 22.3 Å². The van der Waals surface area contributed by atoms with Gasteiger partial charge in [0.1, 0.15) is 5.82 Å². The number of likely N-dealkylation sites (tertiary alicyclic amines) is 1. The van der Waals surface area contributed by atoms with Gasteiger partial charge in [-0.05, 0) is 54.7 Å². The van der Waals surface area contributed by atoms with Crippen LogP contribution in [0, 0.1) is 12.7 Å². The van der Waals surface area contributed by atoms with Gasteiger partial charge >= 0.3 is 0 Å². The number of rotatable bonds is 4. The van der Waals surface area contributed by atoms with E-state index >= 15 is 0 Å². The first kappa shape index (κ1) is 18.4. The SMILES string of the molecule is Cc1cc(-c2ccccc2)cc([C@H]2CCCN2C(=O)Cc2ccccc2F)n1. The second-order valence-electron chi connectivity index (χ2n) is 7.30. The summed E-state index contributed by atoms with van der Waals surface area (Å²) in [6.45, 7) is 2.67. The zero-order chi connectivity index (χ0) is 19.5. The lowest BCUT2D eigenvalue weighted by molar-refractivity contribution is -0.131. The van der Waals surface area contributed by atoms with Gasteiger partial charge in [-0.25, -0.2) is 4.39 Å². The van der Waals surface area contributed by atoms with E-state index in [1.807, 2.05) is 30.0 Å². The Hall–Kier alpha value is -3.01. The third-order valence-electron chi connectivity index (χ3n) is 5.29. The van der Waals surface area contributed by atoms with E-state index in [1.54, 1.807) is 18.2 Å². The van der Waals surface area contributed by atoms with Crippen LogP contribution >= 0.6 is 0 Å². The summed E-state index contributed by atoms with van der Waals surface area (Å²) in [6.07, 6.45) is 1.90. The van der Waals surface area contributed by atoms with E-state index in [1.165, 1.54) is 6.07 Å². The molecule has 0 spiro atoms. The summed E-state index contributed by atoms with van der Waals surface area (Å²) in [5, 5.41) is 0. The minimum atomic E-state index is -0.327. The van der Waals surface area contributed by atoms with Gasteiger partial charge in [-0.1, -0.05) is 48.5 Å². The van der Waals surface area contributed by atoms with Crippen LogP contribution in [0.25, 0.3) is 11.1 Å². The highest BCUT2D eigenvalue weighted by atomic mass is 19.1. The zero-order valence-corrected chi connectivity index (χ0v) is 15.9. The summed E-state index contributed by atoms with van der Waals surface area (Å²) < 4.78 is 14.0. The highest BCUT2D eigenvalue weighted by Gasteiger charge is 2.31. The number of nitrogens with zero attached hydrogens (tertiary/aromatic N) is 2. The maximum Gasteiger partial charge on any atom is 0.227 e. The molecule has 0 radical (unpaired) electrons. The predicted molar refractivity (Wildman–Crippen MR) is 108 cm³/mol. The molecule has 0 bridgehead atoms. The maximum absolute atomic E-state index is 14.0. The third-order valence-corrected chi connectivity index (χ3v) is 5.29. The average molecular weight is 374 g/mol. The summed E-state index contributed by atoms with van der Waals surface area (Å²) >= 11 is 0. The maximum atomic E-state index is 14.0. The fraction of sp³-hybridized carbons (Fsp3) is 0.250. The average Bonchev–Trinajstić information content (AvgIpc) is 3.20. The Bertz CT molecular complexity index is 987. The molecule has 3 nitrogen and oxygen atoms in total. The van der Waals surface area contributed by atoms with E-state index in [0.29, 0.717) is 12.1 Å². The summed E-state index contributed by atoms with van der Waals surface area (Å²) in [6, 6.07) is 20.8. The molecule has 1 fully saturated rings. The van der Waals surface area contributed by atoms with Crippen LogP contribution in [0.5, 0.6) is 0 Å². The highest BCUT2D eigenvalue weighted by molar-refractivity contribution is 5.79. The number of aromatic nitrogens is 1. The van der Waals surface area contributed by atoms with Crippen LogP contribution in [0.4, 0.5) is 4.39 Å². The molecule has 1 atom stereocenters. The lowest BCUT2D eigenvalue weighted by Crippen LogP contribution is -2.32. The van der Waals surface area contributed by atoms with Crippen molar-refractivity contribution in [3.05, 3.63) is 89.5 Å². The van der Waals surface area contributed by atoms with Gasteiger partial charge in [0.2, 0.25) is 5.91 Å². The Morgan fingerprint density at radius 3 is 2.61 bits per heavy atom. The second-order valence-corrected chi connectivity index (χ2v) is 7.30. The van der Waals surface area contributed by atoms with Gasteiger partial charge in [-0.15, -0.1) is 0 Å². The highest BCUT2D eigenvalue weighted by Crippen LogP contribution is 2.33. The molecule has 4 rings (SSSR count). The van der Waals surface area contributed by atoms with Crippen molar-refractivity contribution < 1.29 is 9.18 Å². The third kappa shape index (κ3) is 3.81. The molecule has 28 heavy (non-hydrogen) atoms. The smallest absolute Gasteiger partial charge is 0.227 e. The number of carbonyl (C=O) groups is 1. The van der Waals surface area contributed by atoms with E-state index in [9.17, 15) is 9.18 Å². The minimum Gasteiger partial charge on any atom is -0.334 e. The molecule has 142 valence electrons. The largest absolute Gasteiger partial charge is 0.334 e. The van der Waals surface area contributed by atoms with Crippen molar-refractivity contribution in [3.8, 4) is 11.1 Å². The van der Waals surface area contributed by atoms with Crippen LogP contribution in [-0.2, 0) is 11.2 Å². The molecule has 2 aromatic carbocycles. The number of hydrogen-bond acceptors (Lipinski definition) is 2. The van der Waals surface area contributed by atoms with Crippen molar-refractivity contribution in [2.75, 3.05) is 6.54 Å². The van der Waals surface area contributed by atoms with E-state index < -0.39 is 0 Å². The van der Waals surface area contributed by atoms with Gasteiger partial charge in [0.15, 0.2) is 0 Å². The monoisotopic (exact) mass is 374 g/mol. The summed E-state index contributed by atoms with van der Waals surface area (Å²) in [5.41, 5.74) is 4.54. The summed E-state index contributed by atoms with van der Waals surface area (Å²) in [7, 11) is 0. The molecule has 0 saturated carbocycles. The van der Waals surface area contributed by atoms with Crippen LogP contribution in [0.3, 0.4) is 0 Å². The van der Waals surface area contributed by atoms with Gasteiger partial charge in [0.25, 0.3) is 0 Å². The van der Waals surface area contributed by atoms with Gasteiger partial charge in [0.05, 0.1) is 18.2 Å². The van der Waals surface area contributed by atoms with Crippen LogP contribution in [0.1, 0.15) is 35.8 Å². The first-order valence-corrected chi connectivity index (χ1v) is 9.69. The van der Waals surface area contributed by atoms with E-state index in [0.717, 1.165) is 35.4 Å². The van der Waals surface area contributed by atoms with Gasteiger partial charge in [-0.2, -0.15) is 0 Å². The van der Waals surface area contributed by atoms with Gasteiger partial charge in [0, 0.05) is 12.2 Å². The number of amides is 1.